The molecule has 1 fully saturated rings. The fourth-order valence-electron chi connectivity index (χ4n) is 2.47. The van der Waals surface area contributed by atoms with Crippen molar-refractivity contribution in [2.75, 3.05) is 19.0 Å². The van der Waals surface area contributed by atoms with Gasteiger partial charge in [0.15, 0.2) is 10.8 Å². The molecule has 0 bridgehead atoms. The first-order chi connectivity index (χ1) is 14.7. The van der Waals surface area contributed by atoms with Gasteiger partial charge in [0, 0.05) is 31.4 Å². The molecule has 1 amide bonds. The number of thioether (sulfide) groups is 2. The number of amides is 1. The highest BCUT2D eigenvalue weighted by Crippen LogP contribution is 2.39. The predicted molar refractivity (Wildman–Crippen MR) is 118 cm³/mol. The van der Waals surface area contributed by atoms with E-state index in [0.29, 0.717) is 28.8 Å². The number of rotatable bonds is 11. The maximum absolute atomic E-state index is 12.9. The molecule has 1 aromatic rings. The number of carbonyl (C=O) groups excluding carboxylic acids is 3. The van der Waals surface area contributed by atoms with Crippen molar-refractivity contribution in [1.82, 2.24) is 4.90 Å². The minimum absolute atomic E-state index is 0.0717. The van der Waals surface area contributed by atoms with Gasteiger partial charge >= 0.3 is 5.97 Å². The second-order valence-corrected chi connectivity index (χ2v) is 9.23. The molecule has 31 heavy (non-hydrogen) atoms. The SMILES string of the molecule is CCOCCS/C(SC(C)=O)=C(/C(=O)OCc1ccc([N+](=O)[O-])cc1)N1C(=O)CC1Cl. The molecule has 1 unspecified atom stereocenters. The highest BCUT2D eigenvalue weighted by molar-refractivity contribution is 8.29. The van der Waals surface area contributed by atoms with Crippen molar-refractivity contribution < 1.29 is 28.8 Å². The van der Waals surface area contributed by atoms with E-state index in [1.54, 1.807) is 0 Å². The van der Waals surface area contributed by atoms with Gasteiger partial charge in [-0.2, -0.15) is 0 Å². The van der Waals surface area contributed by atoms with Gasteiger partial charge in [0.25, 0.3) is 5.69 Å². The van der Waals surface area contributed by atoms with Crippen molar-refractivity contribution in [2.45, 2.75) is 32.4 Å². The van der Waals surface area contributed by atoms with Crippen LogP contribution in [-0.4, -0.2) is 51.3 Å². The number of esters is 1. The van der Waals surface area contributed by atoms with Crippen molar-refractivity contribution >= 4 is 57.8 Å². The van der Waals surface area contributed by atoms with Crippen LogP contribution in [0.4, 0.5) is 5.69 Å². The molecule has 0 spiro atoms. The Kier molecular flexibility index (Phi) is 9.82. The van der Waals surface area contributed by atoms with Crippen molar-refractivity contribution in [3.05, 3.63) is 49.9 Å². The van der Waals surface area contributed by atoms with Crippen LogP contribution in [0.1, 0.15) is 25.8 Å². The molecule has 1 aliphatic heterocycles. The first-order valence-corrected chi connectivity index (χ1v) is 11.5. The number of nitro benzene ring substituents is 1. The fourth-order valence-corrected chi connectivity index (χ4v) is 4.89. The third-order valence-corrected chi connectivity index (χ3v) is 6.38. The lowest BCUT2D eigenvalue weighted by atomic mass is 10.2. The summed E-state index contributed by atoms with van der Waals surface area (Å²) in [6, 6.07) is 5.54. The Morgan fingerprint density at radius 3 is 2.52 bits per heavy atom. The van der Waals surface area contributed by atoms with Gasteiger partial charge in [-0.1, -0.05) is 11.6 Å². The Balaban J connectivity index is 2.24. The Morgan fingerprint density at radius 1 is 1.32 bits per heavy atom. The van der Waals surface area contributed by atoms with E-state index in [1.165, 1.54) is 43.0 Å². The second-order valence-electron chi connectivity index (χ2n) is 6.18. The largest absolute Gasteiger partial charge is 0.456 e. The highest BCUT2D eigenvalue weighted by Gasteiger charge is 2.42. The minimum atomic E-state index is -0.815. The van der Waals surface area contributed by atoms with E-state index in [0.717, 1.165) is 16.7 Å². The lowest BCUT2D eigenvalue weighted by molar-refractivity contribution is -0.384. The molecule has 1 atom stereocenters. The molecular weight excluding hydrogens is 468 g/mol. The van der Waals surface area contributed by atoms with E-state index in [-0.39, 0.29) is 35.4 Å². The van der Waals surface area contributed by atoms with Crippen LogP contribution in [0.15, 0.2) is 34.2 Å². The maximum atomic E-state index is 12.9. The number of non-ortho nitro benzene ring substituents is 1. The number of halogens is 1. The highest BCUT2D eigenvalue weighted by atomic mass is 35.5. The number of hydrogen-bond acceptors (Lipinski definition) is 9. The van der Waals surface area contributed by atoms with Crippen LogP contribution in [0.3, 0.4) is 0 Å². The lowest BCUT2D eigenvalue weighted by Crippen LogP contribution is -2.50. The number of hydrogen-bond donors (Lipinski definition) is 0. The van der Waals surface area contributed by atoms with Gasteiger partial charge in [-0.05, 0) is 36.4 Å². The molecule has 12 heteroatoms. The molecule has 1 aromatic carbocycles. The van der Waals surface area contributed by atoms with E-state index in [2.05, 4.69) is 0 Å². The van der Waals surface area contributed by atoms with Crippen LogP contribution in [0.25, 0.3) is 0 Å². The number of carbonyl (C=O) groups is 3. The van der Waals surface area contributed by atoms with Gasteiger partial charge in [-0.3, -0.25) is 24.6 Å². The number of nitrogens with zero attached hydrogens (tertiary/aromatic N) is 2. The Bertz CT molecular complexity index is 877. The molecule has 2 rings (SSSR count). The Hall–Kier alpha value is -2.08. The molecule has 0 aliphatic carbocycles. The molecule has 1 heterocycles. The third kappa shape index (κ3) is 7.23. The first kappa shape index (κ1) is 25.2. The smallest absolute Gasteiger partial charge is 0.357 e. The molecule has 0 N–H and O–H groups in total. The average Bonchev–Trinajstić information content (AvgIpc) is 2.72. The van der Waals surface area contributed by atoms with E-state index in [1.807, 2.05) is 6.92 Å². The lowest BCUT2D eigenvalue weighted by Gasteiger charge is -2.37. The Morgan fingerprint density at radius 2 is 2.00 bits per heavy atom. The zero-order valence-electron chi connectivity index (χ0n) is 16.9. The summed E-state index contributed by atoms with van der Waals surface area (Å²) in [6.07, 6.45) is 0.0717. The van der Waals surface area contributed by atoms with E-state index in [4.69, 9.17) is 21.1 Å². The summed E-state index contributed by atoms with van der Waals surface area (Å²) in [4.78, 5) is 48.2. The third-order valence-electron chi connectivity index (χ3n) is 3.94. The number of β-lactam (4-membered cyclic amide) rings is 1. The van der Waals surface area contributed by atoms with Crippen molar-refractivity contribution in [1.29, 1.82) is 0 Å². The van der Waals surface area contributed by atoms with Crippen molar-refractivity contribution in [2.24, 2.45) is 0 Å². The van der Waals surface area contributed by atoms with Gasteiger partial charge in [0.1, 0.15) is 12.1 Å². The fraction of sp³-hybridized carbons (Fsp3) is 0.421. The van der Waals surface area contributed by atoms with E-state index < -0.39 is 16.4 Å². The average molecular weight is 489 g/mol. The number of nitro groups is 1. The molecule has 0 aromatic heterocycles. The zero-order chi connectivity index (χ0) is 23.0. The molecule has 9 nitrogen and oxygen atoms in total. The summed E-state index contributed by atoms with van der Waals surface area (Å²) in [6.45, 7) is 3.95. The monoisotopic (exact) mass is 488 g/mol. The van der Waals surface area contributed by atoms with Crippen LogP contribution in [-0.2, 0) is 30.5 Å². The van der Waals surface area contributed by atoms with Crippen LogP contribution in [0.2, 0.25) is 0 Å². The summed E-state index contributed by atoms with van der Waals surface area (Å²) in [5, 5.41) is 10.5. The van der Waals surface area contributed by atoms with Gasteiger partial charge in [-0.15, -0.1) is 11.8 Å². The van der Waals surface area contributed by atoms with Crippen molar-refractivity contribution in [3.63, 3.8) is 0 Å². The molecule has 1 saturated heterocycles. The van der Waals surface area contributed by atoms with Crippen LogP contribution in [0.5, 0.6) is 0 Å². The summed E-state index contributed by atoms with van der Waals surface area (Å²) >= 11 is 8.17. The molecular formula is C19H21ClN2O7S2. The summed E-state index contributed by atoms with van der Waals surface area (Å²) in [7, 11) is 0. The van der Waals surface area contributed by atoms with Crippen LogP contribution >= 0.6 is 35.1 Å². The van der Waals surface area contributed by atoms with E-state index in [9.17, 15) is 24.5 Å². The summed E-state index contributed by atoms with van der Waals surface area (Å²) in [5.74, 6) is -0.712. The number of likely N-dealkylation sites (tertiary alicyclic amines) is 1. The quantitative estimate of drug-likeness (QED) is 0.0672. The summed E-state index contributed by atoms with van der Waals surface area (Å²) in [5.41, 5.74) is -0.359. The standard InChI is InChI=1S/C19H21ClN2O7S2/c1-3-28-8-9-30-19(31-12(2)23)17(21-15(20)10-16(21)24)18(25)29-11-13-4-6-14(7-5-13)22(26)27/h4-7,15H,3,8-11H2,1-2H3/b19-17+. The molecule has 1 aliphatic rings. The van der Waals surface area contributed by atoms with Gasteiger partial charge in [0.05, 0.1) is 22.2 Å². The first-order valence-electron chi connectivity index (χ1n) is 9.24. The van der Waals surface area contributed by atoms with Crippen LogP contribution < -0.4 is 0 Å². The maximum Gasteiger partial charge on any atom is 0.357 e. The van der Waals surface area contributed by atoms with Gasteiger partial charge in [0.2, 0.25) is 5.91 Å². The van der Waals surface area contributed by atoms with Gasteiger partial charge in [-0.25, -0.2) is 4.79 Å². The Labute approximate surface area is 192 Å². The number of ether oxygens (including phenoxy) is 2. The van der Waals surface area contributed by atoms with Crippen molar-refractivity contribution in [3.8, 4) is 0 Å². The van der Waals surface area contributed by atoms with E-state index >= 15 is 0 Å². The van der Waals surface area contributed by atoms with Gasteiger partial charge < -0.3 is 9.47 Å². The molecule has 0 saturated carbocycles. The normalized spacial score (nSPS) is 16.4. The molecule has 168 valence electrons. The molecule has 0 radical (unpaired) electrons. The summed E-state index contributed by atoms with van der Waals surface area (Å²) < 4.78 is 10.9. The second kappa shape index (κ2) is 12.1. The topological polar surface area (TPSA) is 116 Å². The predicted octanol–water partition coefficient (Wildman–Crippen LogP) is 3.65. The number of alkyl halides is 1. The minimum Gasteiger partial charge on any atom is -0.456 e. The number of benzene rings is 1. The zero-order valence-corrected chi connectivity index (χ0v) is 19.3. The van der Waals surface area contributed by atoms with Crippen LogP contribution in [0, 0.1) is 10.1 Å².